The van der Waals surface area contributed by atoms with E-state index < -0.39 is 11.7 Å². The Hall–Kier alpha value is -2.41. The van der Waals surface area contributed by atoms with Crippen molar-refractivity contribution < 1.29 is 15.0 Å². The summed E-state index contributed by atoms with van der Waals surface area (Å²) in [6.07, 6.45) is 6.39. The Kier molecular flexibility index (Phi) is 4.01. The maximum absolute atomic E-state index is 12.1. The third kappa shape index (κ3) is 2.78. The van der Waals surface area contributed by atoms with Gasteiger partial charge in [0.25, 0.3) is 0 Å². The highest BCUT2D eigenvalue weighted by Crippen LogP contribution is 2.60. The highest BCUT2D eigenvalue weighted by molar-refractivity contribution is 5.88. The number of hydrogen-bond donors (Lipinski definition) is 3. The number of amides is 1. The SMILES string of the molecule is O=C(O)N1CCC(Nc2ncnc3ccccc23)C1C1[C@@H]2CC3C[C@H]1CC(O)(C3)C2. The standard InChI is InChI=1S/C23H28N4O3/c28-22(29)27-6-5-18(26-21-16-3-1-2-4-17(16)24-12-25-21)20(27)19-14-7-13-8-15(19)11-23(30,9-13)10-14/h1-4,12-15,18-20,30H,5-11H2,(H,28,29)(H,24,25,26)/t13?,14-,15+,18?,19?,20?,23?. The Bertz CT molecular complexity index is 976. The molecule has 2 heterocycles. The monoisotopic (exact) mass is 408 g/mol. The van der Waals surface area contributed by atoms with Gasteiger partial charge in [-0.25, -0.2) is 14.8 Å². The van der Waals surface area contributed by atoms with E-state index in [1.807, 2.05) is 24.3 Å². The fraction of sp³-hybridized carbons (Fsp3) is 0.609. The summed E-state index contributed by atoms with van der Waals surface area (Å²) >= 11 is 0. The molecule has 5 fully saturated rings. The number of fused-ring (bicyclic) bond motifs is 1. The lowest BCUT2D eigenvalue weighted by Crippen LogP contribution is -2.61. The van der Waals surface area contributed by atoms with Crippen LogP contribution in [0.4, 0.5) is 10.6 Å². The van der Waals surface area contributed by atoms with Gasteiger partial charge in [0.05, 0.1) is 23.2 Å². The summed E-state index contributed by atoms with van der Waals surface area (Å²) < 4.78 is 0. The van der Waals surface area contributed by atoms with Gasteiger partial charge in [-0.1, -0.05) is 12.1 Å². The molecule has 158 valence electrons. The molecule has 7 heteroatoms. The van der Waals surface area contributed by atoms with E-state index in [1.54, 1.807) is 11.2 Å². The van der Waals surface area contributed by atoms with Crippen molar-refractivity contribution in [1.29, 1.82) is 0 Å². The first kappa shape index (κ1) is 18.4. The lowest BCUT2D eigenvalue weighted by molar-refractivity contribution is -0.162. The van der Waals surface area contributed by atoms with Crippen LogP contribution in [0.3, 0.4) is 0 Å². The van der Waals surface area contributed by atoms with Crippen LogP contribution in [0.5, 0.6) is 0 Å². The molecule has 1 aromatic heterocycles. The van der Waals surface area contributed by atoms with Gasteiger partial charge in [0.2, 0.25) is 0 Å². The van der Waals surface area contributed by atoms with Crippen LogP contribution in [0.25, 0.3) is 10.9 Å². The first-order valence-electron chi connectivity index (χ1n) is 11.2. The van der Waals surface area contributed by atoms with Gasteiger partial charge in [-0.15, -0.1) is 0 Å². The molecule has 0 spiro atoms. The number of aliphatic hydroxyl groups is 1. The number of nitrogens with one attached hydrogen (secondary N) is 1. The molecule has 3 N–H and O–H groups in total. The van der Waals surface area contributed by atoms with E-state index in [1.165, 1.54) is 0 Å². The molecule has 1 amide bonds. The van der Waals surface area contributed by atoms with Crippen molar-refractivity contribution in [3.63, 3.8) is 0 Å². The van der Waals surface area contributed by atoms with E-state index in [4.69, 9.17) is 0 Å². The molecule has 1 aromatic carbocycles. The van der Waals surface area contributed by atoms with Crippen LogP contribution in [-0.4, -0.2) is 55.4 Å². The molecule has 5 aliphatic rings. The minimum absolute atomic E-state index is 0.0246. The zero-order chi connectivity index (χ0) is 20.5. The predicted molar refractivity (Wildman–Crippen MR) is 112 cm³/mol. The lowest BCUT2D eigenvalue weighted by Gasteiger charge is -2.60. The van der Waals surface area contributed by atoms with Crippen LogP contribution < -0.4 is 5.32 Å². The summed E-state index contributed by atoms with van der Waals surface area (Å²) in [5.41, 5.74) is 0.377. The number of rotatable bonds is 3. The van der Waals surface area contributed by atoms with Crippen molar-refractivity contribution in [2.24, 2.45) is 23.7 Å². The quantitative estimate of drug-likeness (QED) is 0.720. The Balaban J connectivity index is 1.34. The van der Waals surface area contributed by atoms with Crippen LogP contribution in [0.2, 0.25) is 0 Å². The number of para-hydroxylation sites is 1. The normalized spacial score (nSPS) is 39.6. The summed E-state index contributed by atoms with van der Waals surface area (Å²) in [6, 6.07) is 7.87. The number of carbonyl (C=O) groups is 1. The number of hydrogen-bond acceptors (Lipinski definition) is 5. The van der Waals surface area contributed by atoms with Crippen LogP contribution in [0.1, 0.15) is 38.5 Å². The Morgan fingerprint density at radius 1 is 1.13 bits per heavy atom. The summed E-state index contributed by atoms with van der Waals surface area (Å²) in [5, 5.41) is 25.5. The first-order chi connectivity index (χ1) is 14.5. The molecule has 2 aromatic rings. The number of nitrogens with zero attached hydrogens (tertiary/aromatic N) is 3. The number of likely N-dealkylation sites (tertiary alicyclic amines) is 1. The topological polar surface area (TPSA) is 98.6 Å². The first-order valence-corrected chi connectivity index (χ1v) is 11.2. The van der Waals surface area contributed by atoms with Gasteiger partial charge in [0.1, 0.15) is 12.1 Å². The van der Waals surface area contributed by atoms with Crippen LogP contribution in [0.15, 0.2) is 30.6 Å². The second kappa shape index (κ2) is 6.54. The van der Waals surface area contributed by atoms with E-state index in [-0.39, 0.29) is 12.1 Å². The van der Waals surface area contributed by atoms with Crippen molar-refractivity contribution in [3.05, 3.63) is 30.6 Å². The molecule has 4 bridgehead atoms. The van der Waals surface area contributed by atoms with Crippen molar-refractivity contribution in [3.8, 4) is 0 Å². The molecule has 1 saturated heterocycles. The largest absolute Gasteiger partial charge is 0.465 e. The smallest absolute Gasteiger partial charge is 0.407 e. The van der Waals surface area contributed by atoms with Gasteiger partial charge in [0.15, 0.2) is 0 Å². The second-order valence-corrected chi connectivity index (χ2v) is 10.0. The number of aromatic nitrogens is 2. The Morgan fingerprint density at radius 3 is 2.63 bits per heavy atom. The Morgan fingerprint density at radius 2 is 1.90 bits per heavy atom. The fourth-order valence-electron chi connectivity index (χ4n) is 7.55. The van der Waals surface area contributed by atoms with Crippen molar-refractivity contribution in [2.45, 2.75) is 56.2 Å². The molecule has 4 saturated carbocycles. The molecule has 30 heavy (non-hydrogen) atoms. The molecule has 7 rings (SSSR count). The lowest BCUT2D eigenvalue weighted by atomic mass is 9.48. The Labute approximate surface area is 175 Å². The third-order valence-electron chi connectivity index (χ3n) is 8.27. The van der Waals surface area contributed by atoms with Crippen LogP contribution >= 0.6 is 0 Å². The van der Waals surface area contributed by atoms with Gasteiger partial charge in [-0.2, -0.15) is 0 Å². The van der Waals surface area contributed by atoms with E-state index in [0.717, 1.165) is 55.2 Å². The van der Waals surface area contributed by atoms with E-state index >= 15 is 0 Å². The molecular formula is C23H28N4O3. The summed E-state index contributed by atoms with van der Waals surface area (Å²) in [7, 11) is 0. The molecule has 7 atom stereocenters. The molecule has 1 aliphatic heterocycles. The summed E-state index contributed by atoms with van der Waals surface area (Å²) in [4.78, 5) is 22.7. The van der Waals surface area contributed by atoms with E-state index in [9.17, 15) is 15.0 Å². The van der Waals surface area contributed by atoms with Crippen molar-refractivity contribution >= 4 is 22.8 Å². The number of carboxylic acid groups (broad SMARTS) is 1. The zero-order valence-electron chi connectivity index (χ0n) is 16.9. The highest BCUT2D eigenvalue weighted by Gasteiger charge is 2.59. The fourth-order valence-corrected chi connectivity index (χ4v) is 7.55. The minimum atomic E-state index is -0.829. The van der Waals surface area contributed by atoms with E-state index in [2.05, 4.69) is 15.3 Å². The molecule has 7 nitrogen and oxygen atoms in total. The van der Waals surface area contributed by atoms with Crippen molar-refractivity contribution in [2.75, 3.05) is 11.9 Å². The van der Waals surface area contributed by atoms with E-state index in [0.29, 0.717) is 30.2 Å². The van der Waals surface area contributed by atoms with Crippen molar-refractivity contribution in [1.82, 2.24) is 14.9 Å². The number of benzene rings is 1. The third-order valence-corrected chi connectivity index (χ3v) is 8.27. The van der Waals surface area contributed by atoms with Crippen LogP contribution in [-0.2, 0) is 0 Å². The average molecular weight is 409 g/mol. The van der Waals surface area contributed by atoms with Gasteiger partial charge in [0, 0.05) is 11.9 Å². The molecule has 0 radical (unpaired) electrons. The minimum Gasteiger partial charge on any atom is -0.465 e. The van der Waals surface area contributed by atoms with Gasteiger partial charge in [-0.05, 0) is 74.3 Å². The van der Waals surface area contributed by atoms with Gasteiger partial charge >= 0.3 is 6.09 Å². The van der Waals surface area contributed by atoms with Gasteiger partial charge in [-0.3, -0.25) is 0 Å². The summed E-state index contributed by atoms with van der Waals surface area (Å²) in [5.74, 6) is 2.53. The molecule has 4 aliphatic carbocycles. The summed E-state index contributed by atoms with van der Waals surface area (Å²) in [6.45, 7) is 0.546. The van der Waals surface area contributed by atoms with Gasteiger partial charge < -0.3 is 20.4 Å². The maximum Gasteiger partial charge on any atom is 0.407 e. The zero-order valence-corrected chi connectivity index (χ0v) is 16.9. The predicted octanol–water partition coefficient (Wildman–Crippen LogP) is 3.35. The number of anilines is 1. The maximum atomic E-state index is 12.1. The molecular weight excluding hydrogens is 380 g/mol. The average Bonchev–Trinajstić information content (AvgIpc) is 3.10. The molecule has 5 unspecified atom stereocenters. The second-order valence-electron chi connectivity index (χ2n) is 10.0. The van der Waals surface area contributed by atoms with Crippen LogP contribution in [0, 0.1) is 23.7 Å². The highest BCUT2D eigenvalue weighted by atomic mass is 16.4.